The molecule has 3 aromatic rings. The fourth-order valence-corrected chi connectivity index (χ4v) is 4.78. The minimum Gasteiger partial charge on any atom is -0.353 e. The van der Waals surface area contributed by atoms with Crippen molar-refractivity contribution in [3.63, 3.8) is 0 Å². The molecule has 140 valence electrons. The van der Waals surface area contributed by atoms with Gasteiger partial charge in [0.15, 0.2) is 0 Å². The summed E-state index contributed by atoms with van der Waals surface area (Å²) in [4.78, 5) is 16.4. The molecule has 3 heterocycles. The maximum Gasteiger partial charge on any atom is 0.234 e. The van der Waals surface area contributed by atoms with Gasteiger partial charge in [-0.3, -0.25) is 9.69 Å². The highest BCUT2D eigenvalue weighted by Gasteiger charge is 2.29. The number of rotatable bonds is 6. The molecule has 1 aromatic carbocycles. The van der Waals surface area contributed by atoms with Crippen LogP contribution in [-0.4, -0.2) is 28.5 Å². The minimum absolute atomic E-state index is 0.0818. The lowest BCUT2D eigenvalue weighted by molar-refractivity contribution is -0.123. The Hall–Kier alpha value is -2.37. The number of amides is 1. The van der Waals surface area contributed by atoms with E-state index in [1.807, 2.05) is 24.3 Å². The number of thiophene rings is 1. The van der Waals surface area contributed by atoms with Crippen molar-refractivity contribution in [2.75, 3.05) is 13.1 Å². The normalized spacial score (nSPS) is 18.5. The third kappa shape index (κ3) is 3.99. The van der Waals surface area contributed by atoms with Gasteiger partial charge >= 0.3 is 0 Å². The van der Waals surface area contributed by atoms with E-state index < -0.39 is 0 Å². The van der Waals surface area contributed by atoms with E-state index in [0.29, 0.717) is 12.6 Å². The molecular weight excluding hydrogens is 354 g/mol. The monoisotopic (exact) mass is 379 g/mol. The van der Waals surface area contributed by atoms with Gasteiger partial charge in [0.05, 0.1) is 18.6 Å². The van der Waals surface area contributed by atoms with Gasteiger partial charge in [0.2, 0.25) is 5.91 Å². The van der Waals surface area contributed by atoms with E-state index in [1.165, 1.54) is 5.69 Å². The van der Waals surface area contributed by atoms with Gasteiger partial charge in [0, 0.05) is 23.8 Å². The van der Waals surface area contributed by atoms with Crippen molar-refractivity contribution in [2.45, 2.75) is 24.9 Å². The highest BCUT2D eigenvalue weighted by molar-refractivity contribution is 7.10. The average molecular weight is 380 g/mol. The maximum absolute atomic E-state index is 12.9. The number of nitrogens with one attached hydrogen (secondary N) is 1. The summed E-state index contributed by atoms with van der Waals surface area (Å²) >= 11 is 1.68. The van der Waals surface area contributed by atoms with Crippen LogP contribution in [0.4, 0.5) is 0 Å². The lowest BCUT2D eigenvalue weighted by Gasteiger charge is -2.26. The van der Waals surface area contributed by atoms with Crippen LogP contribution in [0, 0.1) is 0 Å². The van der Waals surface area contributed by atoms with Gasteiger partial charge in [-0.1, -0.05) is 36.4 Å². The number of carbonyl (C=O) groups is 1. The molecule has 2 aromatic heterocycles. The summed E-state index contributed by atoms with van der Waals surface area (Å²) in [5, 5.41) is 5.32. The number of hydrogen-bond acceptors (Lipinski definition) is 3. The largest absolute Gasteiger partial charge is 0.353 e. The highest BCUT2D eigenvalue weighted by Crippen LogP contribution is 2.32. The molecule has 2 atom stereocenters. The summed E-state index contributed by atoms with van der Waals surface area (Å²) in [5.41, 5.74) is 2.41. The zero-order valence-corrected chi connectivity index (χ0v) is 16.4. The Morgan fingerprint density at radius 3 is 2.74 bits per heavy atom. The van der Waals surface area contributed by atoms with E-state index in [9.17, 15) is 4.79 Å². The van der Waals surface area contributed by atoms with E-state index in [2.05, 4.69) is 63.7 Å². The van der Waals surface area contributed by atoms with Crippen molar-refractivity contribution in [2.24, 2.45) is 7.05 Å². The Labute approximate surface area is 164 Å². The van der Waals surface area contributed by atoms with Gasteiger partial charge in [-0.05, 0) is 48.5 Å². The van der Waals surface area contributed by atoms with Crippen LogP contribution in [0.25, 0.3) is 0 Å². The molecule has 0 spiro atoms. The lowest BCUT2D eigenvalue weighted by Crippen LogP contribution is -2.39. The molecule has 0 aliphatic carbocycles. The summed E-state index contributed by atoms with van der Waals surface area (Å²) < 4.78 is 2.17. The van der Waals surface area contributed by atoms with Crippen LogP contribution in [0.15, 0.2) is 66.2 Å². The zero-order valence-electron chi connectivity index (χ0n) is 15.5. The predicted molar refractivity (Wildman–Crippen MR) is 110 cm³/mol. The number of benzene rings is 1. The minimum atomic E-state index is -0.0882. The molecule has 1 fully saturated rings. The van der Waals surface area contributed by atoms with E-state index in [-0.39, 0.29) is 11.9 Å². The smallest absolute Gasteiger partial charge is 0.234 e. The van der Waals surface area contributed by atoms with Gasteiger partial charge in [-0.25, -0.2) is 0 Å². The van der Waals surface area contributed by atoms with Gasteiger partial charge < -0.3 is 9.88 Å². The SMILES string of the molecule is Cn1cccc1[C@H]1CCCN1CC(=O)N[C@@H](c1ccccc1)c1cccs1. The van der Waals surface area contributed by atoms with Crippen molar-refractivity contribution in [3.8, 4) is 0 Å². The molecule has 1 aliphatic heterocycles. The number of nitrogens with zero attached hydrogens (tertiary/aromatic N) is 2. The lowest BCUT2D eigenvalue weighted by atomic mass is 10.1. The van der Waals surface area contributed by atoms with E-state index in [4.69, 9.17) is 0 Å². The Morgan fingerprint density at radius 1 is 1.19 bits per heavy atom. The second-order valence-corrected chi connectivity index (χ2v) is 8.08. The topological polar surface area (TPSA) is 37.3 Å². The molecule has 0 bridgehead atoms. The molecule has 1 saturated heterocycles. The Morgan fingerprint density at radius 2 is 2.04 bits per heavy atom. The molecule has 0 radical (unpaired) electrons. The van der Waals surface area contributed by atoms with Gasteiger partial charge in [0.1, 0.15) is 0 Å². The van der Waals surface area contributed by atoms with Crippen LogP contribution < -0.4 is 5.32 Å². The fraction of sp³-hybridized carbons (Fsp3) is 0.318. The molecule has 0 saturated carbocycles. The second kappa shape index (κ2) is 8.11. The molecule has 0 unspecified atom stereocenters. The standard InChI is InChI=1S/C22H25N3OS/c1-24-13-5-10-18(24)19-11-6-14-25(19)16-21(26)23-22(20-12-7-15-27-20)17-8-3-2-4-9-17/h2-5,7-10,12-13,15,19,22H,6,11,14,16H2,1H3,(H,23,26)/t19-,22+/m1/s1. The predicted octanol–water partition coefficient (Wildman–Crippen LogP) is 4.13. The summed E-state index contributed by atoms with van der Waals surface area (Å²) in [6, 6.07) is 18.8. The first-order valence-electron chi connectivity index (χ1n) is 9.45. The summed E-state index contributed by atoms with van der Waals surface area (Å²) in [7, 11) is 2.08. The van der Waals surface area contributed by atoms with Crippen LogP contribution in [0.5, 0.6) is 0 Å². The van der Waals surface area contributed by atoms with Crippen molar-refractivity contribution < 1.29 is 4.79 Å². The first-order chi connectivity index (χ1) is 13.2. The van der Waals surface area contributed by atoms with Crippen LogP contribution >= 0.6 is 11.3 Å². The van der Waals surface area contributed by atoms with E-state index in [0.717, 1.165) is 29.8 Å². The van der Waals surface area contributed by atoms with Crippen molar-refractivity contribution in [1.82, 2.24) is 14.8 Å². The Balaban J connectivity index is 1.48. The van der Waals surface area contributed by atoms with E-state index in [1.54, 1.807) is 11.3 Å². The molecule has 4 rings (SSSR count). The van der Waals surface area contributed by atoms with E-state index >= 15 is 0 Å². The molecule has 4 nitrogen and oxygen atoms in total. The molecule has 27 heavy (non-hydrogen) atoms. The maximum atomic E-state index is 12.9. The fourth-order valence-electron chi connectivity index (χ4n) is 3.98. The van der Waals surface area contributed by atoms with Crippen LogP contribution in [-0.2, 0) is 11.8 Å². The third-order valence-electron chi connectivity index (χ3n) is 5.30. The Bertz CT molecular complexity index is 872. The quantitative estimate of drug-likeness (QED) is 0.699. The number of hydrogen-bond donors (Lipinski definition) is 1. The second-order valence-electron chi connectivity index (χ2n) is 7.10. The number of likely N-dealkylation sites (tertiary alicyclic amines) is 1. The number of aromatic nitrogens is 1. The van der Waals surface area contributed by atoms with Crippen molar-refractivity contribution >= 4 is 17.2 Å². The summed E-state index contributed by atoms with van der Waals surface area (Å²) in [6.45, 7) is 1.41. The van der Waals surface area contributed by atoms with Crippen molar-refractivity contribution in [3.05, 3.63) is 82.3 Å². The van der Waals surface area contributed by atoms with Crippen molar-refractivity contribution in [1.29, 1.82) is 0 Å². The van der Waals surface area contributed by atoms with Crippen LogP contribution in [0.1, 0.15) is 41.1 Å². The molecule has 5 heteroatoms. The molecular formula is C22H25N3OS. The first kappa shape index (κ1) is 18.0. The van der Waals surface area contributed by atoms with Crippen LogP contribution in [0.3, 0.4) is 0 Å². The zero-order chi connectivity index (χ0) is 18.6. The van der Waals surface area contributed by atoms with Gasteiger partial charge in [0.25, 0.3) is 0 Å². The highest BCUT2D eigenvalue weighted by atomic mass is 32.1. The molecule has 1 amide bonds. The summed E-state index contributed by atoms with van der Waals surface area (Å²) in [5.74, 6) is 0.0818. The first-order valence-corrected chi connectivity index (χ1v) is 10.3. The number of aryl methyl sites for hydroxylation is 1. The molecule has 1 N–H and O–H groups in total. The van der Waals surface area contributed by atoms with Gasteiger partial charge in [-0.2, -0.15) is 0 Å². The number of carbonyl (C=O) groups excluding carboxylic acids is 1. The molecule has 1 aliphatic rings. The third-order valence-corrected chi connectivity index (χ3v) is 6.24. The average Bonchev–Trinajstić information content (AvgIpc) is 3.42. The van der Waals surface area contributed by atoms with Crippen LogP contribution in [0.2, 0.25) is 0 Å². The Kier molecular flexibility index (Phi) is 5.41. The van der Waals surface area contributed by atoms with Gasteiger partial charge in [-0.15, -0.1) is 11.3 Å². The summed E-state index contributed by atoms with van der Waals surface area (Å²) in [6.07, 6.45) is 4.32.